The second kappa shape index (κ2) is 10.0. The second-order valence-electron chi connectivity index (χ2n) is 8.47. The first-order chi connectivity index (χ1) is 13.6. The number of carbonyl (C=O) groups is 2. The largest absolute Gasteiger partial charge is 0.444 e. The fourth-order valence-electron chi connectivity index (χ4n) is 3.40. The van der Waals surface area contributed by atoms with Crippen molar-refractivity contribution in [1.29, 1.82) is 0 Å². The van der Waals surface area contributed by atoms with Gasteiger partial charge in [-0.25, -0.2) is 4.79 Å². The van der Waals surface area contributed by atoms with Gasteiger partial charge in [0.2, 0.25) is 0 Å². The fourth-order valence-corrected chi connectivity index (χ4v) is 3.40. The van der Waals surface area contributed by atoms with E-state index in [0.717, 1.165) is 12.8 Å². The van der Waals surface area contributed by atoms with Crippen LogP contribution in [0.2, 0.25) is 0 Å². The van der Waals surface area contributed by atoms with Gasteiger partial charge in [-0.15, -0.1) is 0 Å². The first kappa shape index (κ1) is 23.1. The second-order valence-corrected chi connectivity index (χ2v) is 8.47. The maximum Gasteiger partial charge on any atom is 0.408 e. The average Bonchev–Trinajstić information content (AvgIpc) is 2.66. The molecule has 1 unspecified atom stereocenters. The number of rotatable bonds is 7. The van der Waals surface area contributed by atoms with Crippen molar-refractivity contribution >= 4 is 11.9 Å². The van der Waals surface area contributed by atoms with Crippen LogP contribution in [0.4, 0.5) is 4.79 Å². The minimum atomic E-state index is -0.612. The minimum Gasteiger partial charge on any atom is -0.444 e. The van der Waals surface area contributed by atoms with Crippen molar-refractivity contribution in [2.45, 2.75) is 83.8 Å². The van der Waals surface area contributed by atoms with Gasteiger partial charge in [0, 0.05) is 17.2 Å². The number of amides is 1. The lowest BCUT2D eigenvalue weighted by molar-refractivity contribution is -0.0204. The van der Waals surface area contributed by atoms with Crippen molar-refractivity contribution in [1.82, 2.24) is 5.32 Å². The number of hydrogen-bond donors (Lipinski definition) is 2. The van der Waals surface area contributed by atoms with E-state index in [2.05, 4.69) is 5.32 Å². The molecule has 0 radical (unpaired) electrons. The molecule has 29 heavy (non-hydrogen) atoms. The number of nitrogens with two attached hydrogens (primary N) is 1. The maximum atomic E-state index is 12.9. The van der Waals surface area contributed by atoms with Gasteiger partial charge < -0.3 is 20.5 Å². The third-order valence-electron chi connectivity index (χ3n) is 4.91. The number of alkyl carbamates (subject to hydrolysis) is 1. The highest BCUT2D eigenvalue weighted by Crippen LogP contribution is 2.26. The Morgan fingerprint density at radius 2 is 1.79 bits per heavy atom. The van der Waals surface area contributed by atoms with E-state index >= 15 is 0 Å². The van der Waals surface area contributed by atoms with Crippen LogP contribution in [0.1, 0.15) is 64.2 Å². The molecule has 0 heterocycles. The molecule has 0 aromatic heterocycles. The summed E-state index contributed by atoms with van der Waals surface area (Å²) in [4.78, 5) is 25.3. The van der Waals surface area contributed by atoms with E-state index in [4.69, 9.17) is 15.2 Å². The molecular weight excluding hydrogens is 368 g/mol. The first-order valence-corrected chi connectivity index (χ1v) is 10.4. The summed E-state index contributed by atoms with van der Waals surface area (Å²) in [5.74, 6) is -0.0603. The topological polar surface area (TPSA) is 90.6 Å². The number of benzene rings is 1. The SMILES string of the molecule is CCC(CC)O[C@@H]1C=C(C(=O)c2ccccc2)CC(N)[C@H]1NC(=O)OC(C)(C)C. The zero-order valence-corrected chi connectivity index (χ0v) is 18.1. The molecule has 160 valence electrons. The molecule has 0 saturated carbocycles. The molecule has 6 heteroatoms. The Bertz CT molecular complexity index is 720. The van der Waals surface area contributed by atoms with Crippen LogP contribution in [0, 0.1) is 0 Å². The van der Waals surface area contributed by atoms with Crippen molar-refractivity contribution in [3.63, 3.8) is 0 Å². The van der Waals surface area contributed by atoms with Gasteiger partial charge in [-0.2, -0.15) is 0 Å². The van der Waals surface area contributed by atoms with Crippen LogP contribution in [0.15, 0.2) is 42.0 Å². The Hall–Kier alpha value is -2.18. The van der Waals surface area contributed by atoms with Crippen molar-refractivity contribution in [2.75, 3.05) is 0 Å². The predicted octanol–water partition coefficient (Wildman–Crippen LogP) is 3.99. The van der Waals surface area contributed by atoms with E-state index in [1.807, 2.05) is 58.9 Å². The number of nitrogens with one attached hydrogen (secondary N) is 1. The molecule has 0 bridgehead atoms. The first-order valence-electron chi connectivity index (χ1n) is 10.4. The van der Waals surface area contributed by atoms with Crippen LogP contribution in [0.25, 0.3) is 0 Å². The molecule has 0 fully saturated rings. The van der Waals surface area contributed by atoms with Gasteiger partial charge in [0.15, 0.2) is 5.78 Å². The van der Waals surface area contributed by atoms with Gasteiger partial charge in [-0.3, -0.25) is 4.79 Å². The van der Waals surface area contributed by atoms with E-state index in [-0.39, 0.29) is 11.9 Å². The zero-order chi connectivity index (χ0) is 21.6. The van der Waals surface area contributed by atoms with E-state index in [1.165, 1.54) is 0 Å². The molecule has 3 atom stereocenters. The smallest absolute Gasteiger partial charge is 0.408 e. The fraction of sp³-hybridized carbons (Fsp3) is 0.565. The number of ketones is 1. The van der Waals surface area contributed by atoms with Crippen LogP contribution in [0.3, 0.4) is 0 Å². The molecular formula is C23H34N2O4. The summed E-state index contributed by atoms with van der Waals surface area (Å²) in [7, 11) is 0. The van der Waals surface area contributed by atoms with Gasteiger partial charge in [0.1, 0.15) is 5.60 Å². The molecule has 0 saturated heterocycles. The van der Waals surface area contributed by atoms with Crippen LogP contribution in [0.5, 0.6) is 0 Å². The molecule has 0 aliphatic heterocycles. The summed E-state index contributed by atoms with van der Waals surface area (Å²) < 4.78 is 11.6. The Balaban J connectivity index is 2.27. The molecule has 1 aliphatic rings. The molecule has 2 rings (SSSR count). The normalized spacial score (nSPS) is 22.2. The lowest BCUT2D eigenvalue weighted by Crippen LogP contribution is -2.58. The monoisotopic (exact) mass is 402 g/mol. The summed E-state index contributed by atoms with van der Waals surface area (Å²) in [6.07, 6.45) is 2.81. The zero-order valence-electron chi connectivity index (χ0n) is 18.1. The number of Topliss-reactive ketones (excluding diaryl/α,β-unsaturated/α-hetero) is 1. The molecule has 1 aliphatic carbocycles. The van der Waals surface area contributed by atoms with E-state index in [9.17, 15) is 9.59 Å². The molecule has 1 aromatic carbocycles. The third kappa shape index (κ3) is 6.68. The van der Waals surface area contributed by atoms with E-state index < -0.39 is 29.9 Å². The summed E-state index contributed by atoms with van der Waals surface area (Å²) in [6.45, 7) is 9.52. The quantitative estimate of drug-likeness (QED) is 0.673. The summed E-state index contributed by atoms with van der Waals surface area (Å²) in [6, 6.07) is 8.18. The summed E-state index contributed by atoms with van der Waals surface area (Å²) in [5, 5.41) is 2.86. The van der Waals surface area contributed by atoms with Gasteiger partial charge >= 0.3 is 6.09 Å². The Labute approximate surface area is 173 Å². The van der Waals surface area contributed by atoms with Crippen molar-refractivity contribution < 1.29 is 19.1 Å². The van der Waals surface area contributed by atoms with Gasteiger partial charge in [-0.1, -0.05) is 44.2 Å². The standard InChI is InChI=1S/C23H34N2O4/c1-6-17(7-2)28-19-14-16(21(26)15-11-9-8-10-12-15)13-18(24)20(19)25-22(27)29-23(3,4)5/h8-12,14,17-20H,6-7,13,24H2,1-5H3,(H,25,27)/t18?,19-,20-/m1/s1. The van der Waals surface area contributed by atoms with Crippen molar-refractivity contribution in [2.24, 2.45) is 5.73 Å². The maximum absolute atomic E-state index is 12.9. The van der Waals surface area contributed by atoms with E-state index in [1.54, 1.807) is 12.1 Å². The number of carbonyl (C=O) groups excluding carboxylic acids is 2. The minimum absolute atomic E-state index is 0.0116. The van der Waals surface area contributed by atoms with Crippen LogP contribution in [-0.2, 0) is 9.47 Å². The molecule has 1 amide bonds. The van der Waals surface area contributed by atoms with Crippen LogP contribution >= 0.6 is 0 Å². The van der Waals surface area contributed by atoms with Crippen LogP contribution in [-0.4, -0.2) is 41.8 Å². The Morgan fingerprint density at radius 3 is 2.34 bits per heavy atom. The predicted molar refractivity (Wildman–Crippen MR) is 114 cm³/mol. The van der Waals surface area contributed by atoms with Gasteiger partial charge in [0.05, 0.1) is 18.2 Å². The summed E-state index contributed by atoms with van der Waals surface area (Å²) >= 11 is 0. The molecule has 6 nitrogen and oxygen atoms in total. The Morgan fingerprint density at radius 1 is 1.17 bits per heavy atom. The summed E-state index contributed by atoms with van der Waals surface area (Å²) in [5.41, 5.74) is 7.02. The lowest BCUT2D eigenvalue weighted by atomic mass is 9.85. The van der Waals surface area contributed by atoms with Gasteiger partial charge in [-0.05, 0) is 46.1 Å². The highest BCUT2D eigenvalue weighted by Gasteiger charge is 2.37. The lowest BCUT2D eigenvalue weighted by Gasteiger charge is -2.37. The molecule has 3 N–H and O–H groups in total. The Kier molecular flexibility index (Phi) is 7.99. The van der Waals surface area contributed by atoms with Crippen molar-refractivity contribution in [3.05, 3.63) is 47.5 Å². The van der Waals surface area contributed by atoms with Crippen molar-refractivity contribution in [3.8, 4) is 0 Å². The molecule has 1 aromatic rings. The van der Waals surface area contributed by atoms with E-state index in [0.29, 0.717) is 17.6 Å². The highest BCUT2D eigenvalue weighted by molar-refractivity contribution is 6.08. The highest BCUT2D eigenvalue weighted by atomic mass is 16.6. The van der Waals surface area contributed by atoms with Gasteiger partial charge in [0.25, 0.3) is 0 Å². The number of ether oxygens (including phenoxy) is 2. The average molecular weight is 403 g/mol. The van der Waals surface area contributed by atoms with Crippen LogP contribution < -0.4 is 11.1 Å². The molecule has 0 spiro atoms. The third-order valence-corrected chi connectivity index (χ3v) is 4.91. The number of hydrogen-bond acceptors (Lipinski definition) is 5.